The van der Waals surface area contributed by atoms with Gasteiger partial charge in [0.05, 0.1) is 5.69 Å². The largest absolute Gasteiger partial charge is 0.486 e. The van der Waals surface area contributed by atoms with E-state index in [-0.39, 0.29) is 12.5 Å². The molecule has 2 aliphatic rings. The van der Waals surface area contributed by atoms with Crippen molar-refractivity contribution in [3.63, 3.8) is 0 Å². The molecule has 8 nitrogen and oxygen atoms in total. The van der Waals surface area contributed by atoms with E-state index < -0.39 is 18.4 Å². The minimum atomic E-state index is -0.650. The number of carbonyl (C=O) groups excluding carboxylic acids is 3. The zero-order chi connectivity index (χ0) is 20.2. The molecule has 2 aromatic rings. The fraction of sp³-hybridized carbons (Fsp3) is 0.190. The Kier molecular flexibility index (Phi) is 5.15. The lowest BCUT2D eigenvalue weighted by molar-refractivity contribution is -0.136. The summed E-state index contributed by atoms with van der Waals surface area (Å²) in [4.78, 5) is 35.6. The molecule has 1 N–H and O–H groups in total. The van der Waals surface area contributed by atoms with Crippen LogP contribution in [0, 0.1) is 0 Å². The molecular formula is C21H17NO7. The summed E-state index contributed by atoms with van der Waals surface area (Å²) in [5.41, 5.74) is 1.46. The van der Waals surface area contributed by atoms with Crippen molar-refractivity contribution in [3.8, 4) is 17.2 Å². The maximum atomic E-state index is 12.3. The van der Waals surface area contributed by atoms with Crippen LogP contribution in [-0.2, 0) is 14.3 Å². The summed E-state index contributed by atoms with van der Waals surface area (Å²) < 4.78 is 21.2. The van der Waals surface area contributed by atoms with Gasteiger partial charge < -0.3 is 24.3 Å². The fourth-order valence-electron chi connectivity index (χ4n) is 2.85. The highest BCUT2D eigenvalue weighted by Crippen LogP contribution is 2.31. The van der Waals surface area contributed by atoms with Crippen LogP contribution in [-0.4, -0.2) is 44.1 Å². The highest BCUT2D eigenvalue weighted by molar-refractivity contribution is 6.02. The topological polar surface area (TPSA) is 100 Å². The Morgan fingerprint density at radius 1 is 1.00 bits per heavy atom. The number of ketones is 1. The number of esters is 1. The molecule has 1 amide bonds. The van der Waals surface area contributed by atoms with Gasteiger partial charge in [-0.1, -0.05) is 6.07 Å². The molecule has 2 aromatic carbocycles. The highest BCUT2D eigenvalue weighted by atomic mass is 16.6. The van der Waals surface area contributed by atoms with Crippen LogP contribution in [0.1, 0.15) is 15.9 Å². The third-order valence-corrected chi connectivity index (χ3v) is 4.26. The second-order valence-electron chi connectivity index (χ2n) is 6.32. The van der Waals surface area contributed by atoms with Crippen LogP contribution in [0.4, 0.5) is 5.69 Å². The van der Waals surface area contributed by atoms with Gasteiger partial charge in [-0.05, 0) is 42.0 Å². The Hall–Kier alpha value is -3.81. The van der Waals surface area contributed by atoms with Crippen LogP contribution in [0.5, 0.6) is 17.2 Å². The van der Waals surface area contributed by atoms with Crippen LogP contribution in [0.15, 0.2) is 42.5 Å². The molecule has 29 heavy (non-hydrogen) atoms. The van der Waals surface area contributed by atoms with E-state index in [0.717, 1.165) is 5.56 Å². The second-order valence-corrected chi connectivity index (χ2v) is 6.32. The van der Waals surface area contributed by atoms with E-state index in [2.05, 4.69) is 5.32 Å². The van der Waals surface area contributed by atoms with Gasteiger partial charge in [-0.3, -0.25) is 9.59 Å². The first kappa shape index (κ1) is 18.5. The van der Waals surface area contributed by atoms with Crippen molar-refractivity contribution in [2.75, 3.05) is 31.7 Å². The van der Waals surface area contributed by atoms with Crippen molar-refractivity contribution in [1.82, 2.24) is 0 Å². The molecule has 0 bridgehead atoms. The van der Waals surface area contributed by atoms with Crippen LogP contribution in [0.25, 0.3) is 6.08 Å². The molecule has 0 saturated carbocycles. The van der Waals surface area contributed by atoms with E-state index in [1.54, 1.807) is 36.4 Å². The van der Waals surface area contributed by atoms with Gasteiger partial charge in [-0.15, -0.1) is 0 Å². The normalized spacial score (nSPS) is 14.6. The number of amides is 1. The van der Waals surface area contributed by atoms with Crippen molar-refractivity contribution in [2.24, 2.45) is 0 Å². The third-order valence-electron chi connectivity index (χ3n) is 4.26. The lowest BCUT2D eigenvalue weighted by atomic mass is 10.1. The maximum absolute atomic E-state index is 12.3. The monoisotopic (exact) mass is 395 g/mol. The molecule has 8 heteroatoms. The van der Waals surface area contributed by atoms with Gasteiger partial charge in [0.1, 0.15) is 19.0 Å². The number of Topliss-reactive ketones (excluding diaryl/α,β-unsaturated/α-hetero) is 1. The minimum absolute atomic E-state index is 0.0619. The SMILES string of the molecule is O=C1COc2ccc(C(=O)COC(=O)/C=C/c3ccc4c(c3)OCCO4)cc2N1. The van der Waals surface area contributed by atoms with Crippen molar-refractivity contribution >= 4 is 29.4 Å². The summed E-state index contributed by atoms with van der Waals surface area (Å²) in [7, 11) is 0. The Labute approximate surface area is 166 Å². The fourth-order valence-corrected chi connectivity index (χ4v) is 2.85. The number of nitrogens with one attached hydrogen (secondary N) is 1. The molecule has 0 saturated heterocycles. The van der Waals surface area contributed by atoms with Crippen molar-refractivity contribution in [2.45, 2.75) is 0 Å². The number of hydrogen-bond donors (Lipinski definition) is 1. The van der Waals surface area contributed by atoms with Gasteiger partial charge in [0.25, 0.3) is 5.91 Å². The number of fused-ring (bicyclic) bond motifs is 2. The molecule has 2 heterocycles. The van der Waals surface area contributed by atoms with Gasteiger partial charge in [0.15, 0.2) is 30.5 Å². The number of ether oxygens (including phenoxy) is 4. The Morgan fingerprint density at radius 3 is 2.66 bits per heavy atom. The Bertz CT molecular complexity index is 1010. The lowest BCUT2D eigenvalue weighted by Crippen LogP contribution is -2.25. The first-order chi connectivity index (χ1) is 14.1. The van der Waals surface area contributed by atoms with E-state index in [0.29, 0.717) is 41.7 Å². The predicted octanol–water partition coefficient (Wildman–Crippen LogP) is 2.23. The average Bonchev–Trinajstić information content (AvgIpc) is 2.75. The van der Waals surface area contributed by atoms with E-state index in [1.807, 2.05) is 0 Å². The van der Waals surface area contributed by atoms with E-state index in [9.17, 15) is 14.4 Å². The number of benzene rings is 2. The summed E-state index contributed by atoms with van der Waals surface area (Å²) >= 11 is 0. The van der Waals surface area contributed by atoms with Crippen LogP contribution in [0.3, 0.4) is 0 Å². The molecule has 0 aromatic heterocycles. The zero-order valence-corrected chi connectivity index (χ0v) is 15.3. The number of carbonyl (C=O) groups is 3. The minimum Gasteiger partial charge on any atom is -0.486 e. The van der Waals surface area contributed by atoms with Crippen LogP contribution < -0.4 is 19.5 Å². The average molecular weight is 395 g/mol. The molecule has 0 unspecified atom stereocenters. The first-order valence-electron chi connectivity index (χ1n) is 8.93. The predicted molar refractivity (Wildman–Crippen MR) is 102 cm³/mol. The van der Waals surface area contributed by atoms with E-state index in [4.69, 9.17) is 18.9 Å². The standard InChI is InChI=1S/C21H17NO7/c23-16(14-3-5-17-15(10-14)22-20(24)12-28-17)11-29-21(25)6-2-13-1-4-18-19(9-13)27-8-7-26-18/h1-6,9-10H,7-8,11-12H2,(H,22,24)/b6-2+. The molecule has 0 spiro atoms. The van der Waals surface area contributed by atoms with Crippen molar-refractivity contribution < 1.29 is 33.3 Å². The second kappa shape index (κ2) is 8.05. The first-order valence-corrected chi connectivity index (χ1v) is 8.93. The summed E-state index contributed by atoms with van der Waals surface area (Å²) in [5, 5.41) is 2.63. The summed E-state index contributed by atoms with van der Waals surface area (Å²) in [6.07, 6.45) is 2.80. The molecule has 4 rings (SSSR count). The molecule has 0 atom stereocenters. The van der Waals surface area contributed by atoms with Gasteiger partial charge >= 0.3 is 5.97 Å². The van der Waals surface area contributed by atoms with Crippen molar-refractivity contribution in [1.29, 1.82) is 0 Å². The Morgan fingerprint density at radius 2 is 1.79 bits per heavy atom. The van der Waals surface area contributed by atoms with Crippen LogP contribution in [0.2, 0.25) is 0 Å². The molecule has 148 valence electrons. The van der Waals surface area contributed by atoms with Gasteiger partial charge in [0, 0.05) is 11.6 Å². The van der Waals surface area contributed by atoms with Gasteiger partial charge in [-0.25, -0.2) is 4.79 Å². The smallest absolute Gasteiger partial charge is 0.331 e. The number of anilines is 1. The summed E-state index contributed by atoms with van der Waals surface area (Å²) in [6, 6.07) is 9.94. The van der Waals surface area contributed by atoms with E-state index in [1.165, 1.54) is 12.1 Å². The lowest BCUT2D eigenvalue weighted by Gasteiger charge is -2.18. The number of hydrogen-bond acceptors (Lipinski definition) is 7. The summed E-state index contributed by atoms with van der Waals surface area (Å²) in [6.45, 7) is 0.500. The third kappa shape index (κ3) is 4.37. The molecule has 0 aliphatic carbocycles. The summed E-state index contributed by atoms with van der Waals surface area (Å²) in [5.74, 6) is 0.425. The molecule has 0 fully saturated rings. The molecule has 0 radical (unpaired) electrons. The molecular weight excluding hydrogens is 378 g/mol. The van der Waals surface area contributed by atoms with Crippen LogP contribution >= 0.6 is 0 Å². The van der Waals surface area contributed by atoms with Gasteiger partial charge in [-0.2, -0.15) is 0 Å². The van der Waals surface area contributed by atoms with Crippen molar-refractivity contribution in [3.05, 3.63) is 53.6 Å². The Balaban J connectivity index is 1.33. The van der Waals surface area contributed by atoms with E-state index >= 15 is 0 Å². The zero-order valence-electron chi connectivity index (χ0n) is 15.3. The highest BCUT2D eigenvalue weighted by Gasteiger charge is 2.18. The maximum Gasteiger partial charge on any atom is 0.331 e. The number of rotatable bonds is 5. The quantitative estimate of drug-likeness (QED) is 0.471. The van der Waals surface area contributed by atoms with Gasteiger partial charge in [0.2, 0.25) is 0 Å². The molecule has 2 aliphatic heterocycles.